The van der Waals surface area contributed by atoms with Gasteiger partial charge in [0.2, 0.25) is 0 Å². The van der Waals surface area contributed by atoms with Crippen LogP contribution in [-0.2, 0) is 11.2 Å². The molecular formula is C10H8ClN3O. The smallest absolute Gasteiger partial charge is 0.126 e. The van der Waals surface area contributed by atoms with Crippen molar-refractivity contribution in [1.82, 2.24) is 15.0 Å². The van der Waals surface area contributed by atoms with E-state index >= 15 is 0 Å². The van der Waals surface area contributed by atoms with Gasteiger partial charge in [-0.3, -0.25) is 0 Å². The van der Waals surface area contributed by atoms with Crippen molar-refractivity contribution >= 4 is 17.9 Å². The highest BCUT2D eigenvalue weighted by atomic mass is 35.5. The SMILES string of the molecule is O=CCc1cnnn1-c1ccc(Cl)cc1. The fourth-order valence-electron chi connectivity index (χ4n) is 1.28. The number of carbonyl (C=O) groups excluding carboxylic acids is 1. The number of aldehydes is 1. The predicted octanol–water partition coefficient (Wildman–Crippen LogP) is 1.66. The Balaban J connectivity index is 2.40. The summed E-state index contributed by atoms with van der Waals surface area (Å²) in [5.74, 6) is 0. The van der Waals surface area contributed by atoms with E-state index in [1.807, 2.05) is 12.1 Å². The van der Waals surface area contributed by atoms with Gasteiger partial charge in [-0.25, -0.2) is 4.68 Å². The zero-order valence-corrected chi connectivity index (χ0v) is 8.55. The van der Waals surface area contributed by atoms with Gasteiger partial charge in [0.15, 0.2) is 0 Å². The summed E-state index contributed by atoms with van der Waals surface area (Å²) in [4.78, 5) is 10.4. The minimum Gasteiger partial charge on any atom is -0.303 e. The molecule has 0 aliphatic carbocycles. The second kappa shape index (κ2) is 4.23. The molecule has 0 saturated heterocycles. The summed E-state index contributed by atoms with van der Waals surface area (Å²) in [5, 5.41) is 8.32. The van der Waals surface area contributed by atoms with Crippen LogP contribution in [0.4, 0.5) is 0 Å². The van der Waals surface area contributed by atoms with E-state index < -0.39 is 0 Å². The largest absolute Gasteiger partial charge is 0.303 e. The number of halogens is 1. The number of rotatable bonds is 3. The van der Waals surface area contributed by atoms with E-state index in [0.29, 0.717) is 11.4 Å². The number of nitrogens with zero attached hydrogens (tertiary/aromatic N) is 3. The van der Waals surface area contributed by atoms with Gasteiger partial charge in [0.1, 0.15) is 6.29 Å². The number of benzene rings is 1. The molecule has 0 unspecified atom stereocenters. The van der Waals surface area contributed by atoms with Gasteiger partial charge >= 0.3 is 0 Å². The van der Waals surface area contributed by atoms with Crippen LogP contribution < -0.4 is 0 Å². The topological polar surface area (TPSA) is 47.8 Å². The lowest BCUT2D eigenvalue weighted by Gasteiger charge is -2.03. The molecule has 4 nitrogen and oxygen atoms in total. The molecule has 15 heavy (non-hydrogen) atoms. The van der Waals surface area contributed by atoms with Gasteiger partial charge in [0.05, 0.1) is 17.6 Å². The molecule has 0 bridgehead atoms. The van der Waals surface area contributed by atoms with Crippen LogP contribution in [0.25, 0.3) is 5.69 Å². The van der Waals surface area contributed by atoms with Crippen molar-refractivity contribution in [3.05, 3.63) is 41.2 Å². The molecule has 0 aliphatic heterocycles. The van der Waals surface area contributed by atoms with Crippen LogP contribution >= 0.6 is 11.6 Å². The Kier molecular flexibility index (Phi) is 2.78. The van der Waals surface area contributed by atoms with Crippen molar-refractivity contribution in [2.75, 3.05) is 0 Å². The molecule has 0 radical (unpaired) electrons. The molecule has 1 heterocycles. The van der Waals surface area contributed by atoms with Crippen molar-refractivity contribution in [1.29, 1.82) is 0 Å². The zero-order valence-electron chi connectivity index (χ0n) is 7.80. The summed E-state index contributed by atoms with van der Waals surface area (Å²) in [6.45, 7) is 0. The third-order valence-electron chi connectivity index (χ3n) is 1.98. The quantitative estimate of drug-likeness (QED) is 0.741. The first kappa shape index (κ1) is 9.86. The Morgan fingerprint density at radius 3 is 2.73 bits per heavy atom. The fraction of sp³-hybridized carbons (Fsp3) is 0.100. The Labute approximate surface area is 91.5 Å². The van der Waals surface area contributed by atoms with Crippen LogP contribution in [0.15, 0.2) is 30.5 Å². The molecule has 5 heteroatoms. The van der Waals surface area contributed by atoms with E-state index in [1.54, 1.807) is 23.0 Å². The van der Waals surface area contributed by atoms with Gasteiger partial charge in [0, 0.05) is 11.4 Å². The summed E-state index contributed by atoms with van der Waals surface area (Å²) in [6, 6.07) is 7.18. The first-order valence-corrected chi connectivity index (χ1v) is 4.78. The van der Waals surface area contributed by atoms with Crippen molar-refractivity contribution in [2.24, 2.45) is 0 Å². The van der Waals surface area contributed by atoms with Gasteiger partial charge in [-0.2, -0.15) is 0 Å². The van der Waals surface area contributed by atoms with Crippen molar-refractivity contribution in [2.45, 2.75) is 6.42 Å². The number of hydrogen-bond donors (Lipinski definition) is 0. The van der Waals surface area contributed by atoms with Gasteiger partial charge < -0.3 is 4.79 Å². The molecule has 0 amide bonds. The normalized spacial score (nSPS) is 10.2. The monoisotopic (exact) mass is 221 g/mol. The molecule has 2 rings (SSSR count). The van der Waals surface area contributed by atoms with Crippen LogP contribution in [0.5, 0.6) is 0 Å². The van der Waals surface area contributed by atoms with Crippen LogP contribution in [0.1, 0.15) is 5.69 Å². The first-order chi connectivity index (χ1) is 7.31. The third kappa shape index (κ3) is 2.05. The van der Waals surface area contributed by atoms with Crippen molar-refractivity contribution in [3.8, 4) is 5.69 Å². The van der Waals surface area contributed by atoms with E-state index in [2.05, 4.69) is 10.3 Å². The maximum Gasteiger partial charge on any atom is 0.126 e. The molecule has 1 aromatic heterocycles. The van der Waals surface area contributed by atoms with Crippen LogP contribution in [-0.4, -0.2) is 21.3 Å². The summed E-state index contributed by atoms with van der Waals surface area (Å²) in [6.07, 6.45) is 2.70. The lowest BCUT2D eigenvalue weighted by Crippen LogP contribution is -2.02. The van der Waals surface area contributed by atoms with Gasteiger partial charge in [-0.1, -0.05) is 16.8 Å². The molecule has 2 aromatic rings. The minimum absolute atomic E-state index is 0.301. The lowest BCUT2D eigenvalue weighted by molar-refractivity contribution is -0.107. The van der Waals surface area contributed by atoms with Crippen molar-refractivity contribution < 1.29 is 4.79 Å². The predicted molar refractivity (Wildman–Crippen MR) is 56.1 cm³/mol. The second-order valence-electron chi connectivity index (χ2n) is 2.98. The van der Waals surface area contributed by atoms with Crippen LogP contribution in [0.3, 0.4) is 0 Å². The highest BCUT2D eigenvalue weighted by Crippen LogP contribution is 2.13. The van der Waals surface area contributed by atoms with Crippen molar-refractivity contribution in [3.63, 3.8) is 0 Å². The molecule has 0 atom stereocenters. The van der Waals surface area contributed by atoms with E-state index in [-0.39, 0.29) is 0 Å². The van der Waals surface area contributed by atoms with Crippen LogP contribution in [0.2, 0.25) is 5.02 Å². The molecule has 1 aromatic carbocycles. The Bertz CT molecular complexity index is 464. The molecule has 0 aliphatic rings. The molecule has 0 saturated carbocycles. The third-order valence-corrected chi connectivity index (χ3v) is 2.24. The van der Waals surface area contributed by atoms with Crippen LogP contribution in [0, 0.1) is 0 Å². The highest BCUT2D eigenvalue weighted by Gasteiger charge is 2.04. The zero-order chi connectivity index (χ0) is 10.7. The van der Waals surface area contributed by atoms with Gasteiger partial charge in [-0.05, 0) is 24.3 Å². The minimum atomic E-state index is 0.301. The highest BCUT2D eigenvalue weighted by molar-refractivity contribution is 6.30. The standard InChI is InChI=1S/C10H8ClN3O/c11-8-1-3-9(4-2-8)14-10(5-6-15)7-12-13-14/h1-4,6-7H,5H2. The average molecular weight is 222 g/mol. The van der Waals surface area contributed by atoms with Gasteiger partial charge in [0.25, 0.3) is 0 Å². The Morgan fingerprint density at radius 2 is 2.07 bits per heavy atom. The lowest BCUT2D eigenvalue weighted by atomic mass is 10.3. The first-order valence-electron chi connectivity index (χ1n) is 4.40. The molecule has 0 spiro atoms. The number of aromatic nitrogens is 3. The second-order valence-corrected chi connectivity index (χ2v) is 3.42. The maximum atomic E-state index is 10.4. The van der Waals surface area contributed by atoms with E-state index in [4.69, 9.17) is 11.6 Å². The molecule has 76 valence electrons. The summed E-state index contributed by atoms with van der Waals surface area (Å²) < 4.78 is 1.62. The summed E-state index contributed by atoms with van der Waals surface area (Å²) in [7, 11) is 0. The van der Waals surface area contributed by atoms with Gasteiger partial charge in [-0.15, -0.1) is 5.10 Å². The molecular weight excluding hydrogens is 214 g/mol. The number of hydrogen-bond acceptors (Lipinski definition) is 3. The van der Waals surface area contributed by atoms with E-state index in [9.17, 15) is 4.79 Å². The fourth-order valence-corrected chi connectivity index (χ4v) is 1.41. The average Bonchev–Trinajstić information content (AvgIpc) is 2.68. The number of carbonyl (C=O) groups is 1. The maximum absolute atomic E-state index is 10.4. The Morgan fingerprint density at radius 1 is 1.33 bits per heavy atom. The molecule has 0 N–H and O–H groups in total. The Hall–Kier alpha value is -1.68. The molecule has 0 fully saturated rings. The summed E-state index contributed by atoms with van der Waals surface area (Å²) >= 11 is 5.77. The van der Waals surface area contributed by atoms with E-state index in [0.717, 1.165) is 17.7 Å². The summed E-state index contributed by atoms with van der Waals surface area (Å²) in [5.41, 5.74) is 1.60. The van der Waals surface area contributed by atoms with E-state index in [1.165, 1.54) is 0 Å².